The molecule has 0 amide bonds. The van der Waals surface area contributed by atoms with E-state index in [0.29, 0.717) is 16.7 Å². The Balaban J connectivity index is 2.20. The van der Waals surface area contributed by atoms with Crippen molar-refractivity contribution in [3.63, 3.8) is 0 Å². The van der Waals surface area contributed by atoms with Gasteiger partial charge in [0, 0.05) is 13.1 Å². The molecule has 0 unspecified atom stereocenters. The van der Waals surface area contributed by atoms with Gasteiger partial charge >= 0.3 is 5.97 Å². The van der Waals surface area contributed by atoms with Crippen LogP contribution in [0.5, 0.6) is 0 Å². The zero-order valence-electron chi connectivity index (χ0n) is 12.6. The van der Waals surface area contributed by atoms with Gasteiger partial charge in [0.05, 0.1) is 12.0 Å². The van der Waals surface area contributed by atoms with Gasteiger partial charge in [0.15, 0.2) is 0 Å². The van der Waals surface area contributed by atoms with Crippen LogP contribution in [0.2, 0.25) is 0 Å². The van der Waals surface area contributed by atoms with Crippen LogP contribution in [0.3, 0.4) is 0 Å². The maximum Gasteiger partial charge on any atom is 0.376 e. The summed E-state index contributed by atoms with van der Waals surface area (Å²) in [5.41, 5.74) is 0.597. The van der Waals surface area contributed by atoms with Crippen molar-refractivity contribution in [3.05, 3.63) is 40.2 Å². The predicted molar refractivity (Wildman–Crippen MR) is 84.5 cm³/mol. The Kier molecular flexibility index (Phi) is 4.13. The minimum absolute atomic E-state index is 0.0208. The van der Waals surface area contributed by atoms with Gasteiger partial charge in [-0.15, -0.1) is 0 Å². The molecule has 116 valence electrons. The van der Waals surface area contributed by atoms with Crippen molar-refractivity contribution >= 4 is 22.6 Å². The molecule has 0 spiro atoms. The second-order valence-corrected chi connectivity index (χ2v) is 5.37. The van der Waals surface area contributed by atoms with Crippen LogP contribution in [0.4, 0.5) is 5.69 Å². The normalized spacial score (nSPS) is 15.0. The van der Waals surface area contributed by atoms with Gasteiger partial charge in [-0.05, 0) is 38.3 Å². The van der Waals surface area contributed by atoms with Gasteiger partial charge < -0.3 is 14.1 Å². The summed E-state index contributed by atoms with van der Waals surface area (Å²) >= 11 is 0. The third-order valence-corrected chi connectivity index (χ3v) is 3.91. The Bertz CT molecular complexity index is 744. The van der Waals surface area contributed by atoms with Crippen LogP contribution in [0.1, 0.15) is 36.7 Å². The molecule has 0 atom stereocenters. The molecule has 22 heavy (non-hydrogen) atoms. The fourth-order valence-electron chi connectivity index (χ4n) is 2.87. The van der Waals surface area contributed by atoms with Crippen LogP contribution in [0, 0.1) is 0 Å². The van der Waals surface area contributed by atoms with Crippen molar-refractivity contribution in [3.8, 4) is 0 Å². The van der Waals surface area contributed by atoms with Crippen LogP contribution in [0.25, 0.3) is 11.0 Å². The number of hydrogen-bond acceptors (Lipinski definition) is 5. The van der Waals surface area contributed by atoms with Crippen molar-refractivity contribution in [2.45, 2.75) is 26.2 Å². The van der Waals surface area contributed by atoms with E-state index >= 15 is 0 Å². The summed E-state index contributed by atoms with van der Waals surface area (Å²) in [6.07, 6.45) is 3.16. The number of ether oxygens (including phenoxy) is 1. The molecule has 5 nitrogen and oxygen atoms in total. The fourth-order valence-corrected chi connectivity index (χ4v) is 2.87. The van der Waals surface area contributed by atoms with Crippen LogP contribution < -0.4 is 10.3 Å². The lowest BCUT2D eigenvalue weighted by Gasteiger charge is -2.28. The Morgan fingerprint density at radius 2 is 1.95 bits per heavy atom. The summed E-state index contributed by atoms with van der Waals surface area (Å²) in [7, 11) is 0. The van der Waals surface area contributed by atoms with E-state index in [4.69, 9.17) is 9.15 Å². The molecule has 1 saturated heterocycles. The number of piperidine rings is 1. The molecule has 2 heterocycles. The SMILES string of the molecule is CCOC(=O)c1oc2ccccc2c(=O)c1N1CCCCC1. The maximum atomic E-state index is 12.8. The molecule has 1 aliphatic rings. The van der Waals surface area contributed by atoms with Gasteiger partial charge in [-0.2, -0.15) is 0 Å². The Labute approximate surface area is 128 Å². The topological polar surface area (TPSA) is 59.8 Å². The highest BCUT2D eigenvalue weighted by molar-refractivity contribution is 5.96. The monoisotopic (exact) mass is 301 g/mol. The highest BCUT2D eigenvalue weighted by Crippen LogP contribution is 2.25. The summed E-state index contributed by atoms with van der Waals surface area (Å²) in [6.45, 7) is 3.50. The number of fused-ring (bicyclic) bond motifs is 1. The molecule has 5 heteroatoms. The van der Waals surface area contributed by atoms with Crippen LogP contribution in [-0.4, -0.2) is 25.7 Å². The first-order valence-corrected chi connectivity index (χ1v) is 7.70. The molecule has 2 aromatic rings. The highest BCUT2D eigenvalue weighted by atomic mass is 16.5. The predicted octanol–water partition coefficient (Wildman–Crippen LogP) is 2.96. The zero-order valence-corrected chi connectivity index (χ0v) is 12.6. The van der Waals surface area contributed by atoms with Gasteiger partial charge in [0.25, 0.3) is 0 Å². The number of benzene rings is 1. The number of esters is 1. The van der Waals surface area contributed by atoms with E-state index in [9.17, 15) is 9.59 Å². The molecule has 1 fully saturated rings. The minimum atomic E-state index is -0.578. The molecule has 0 bridgehead atoms. The van der Waals surface area contributed by atoms with Crippen molar-refractivity contribution in [2.24, 2.45) is 0 Å². The van der Waals surface area contributed by atoms with Crippen LogP contribution in [0.15, 0.2) is 33.5 Å². The van der Waals surface area contributed by atoms with Crippen molar-refractivity contribution < 1.29 is 13.9 Å². The third-order valence-electron chi connectivity index (χ3n) is 3.91. The fraction of sp³-hybridized carbons (Fsp3) is 0.412. The first-order chi connectivity index (χ1) is 10.7. The summed E-state index contributed by atoms with van der Waals surface area (Å²) in [5, 5.41) is 0.496. The number of para-hydroxylation sites is 1. The quantitative estimate of drug-likeness (QED) is 0.816. The number of nitrogens with zero attached hydrogens (tertiary/aromatic N) is 1. The van der Waals surface area contributed by atoms with Gasteiger partial charge in [0.2, 0.25) is 11.2 Å². The lowest BCUT2D eigenvalue weighted by molar-refractivity contribution is 0.0491. The molecular formula is C17H19NO4. The van der Waals surface area contributed by atoms with Crippen molar-refractivity contribution in [1.29, 1.82) is 0 Å². The largest absolute Gasteiger partial charge is 0.460 e. The average molecular weight is 301 g/mol. The summed E-state index contributed by atoms with van der Waals surface area (Å²) < 4.78 is 10.8. The van der Waals surface area contributed by atoms with Crippen molar-refractivity contribution in [2.75, 3.05) is 24.6 Å². The van der Waals surface area contributed by atoms with E-state index in [1.165, 1.54) is 0 Å². The number of carbonyl (C=O) groups is 1. The van der Waals surface area contributed by atoms with E-state index in [1.807, 2.05) is 4.90 Å². The Morgan fingerprint density at radius 1 is 1.23 bits per heavy atom. The molecule has 3 rings (SSSR count). The molecular weight excluding hydrogens is 282 g/mol. The standard InChI is InChI=1S/C17H19NO4/c1-2-21-17(20)16-14(18-10-6-3-7-11-18)15(19)12-8-4-5-9-13(12)22-16/h4-5,8-9H,2-3,6-7,10-11H2,1H3. The zero-order chi connectivity index (χ0) is 15.5. The molecule has 1 aromatic heterocycles. The Morgan fingerprint density at radius 3 is 2.68 bits per heavy atom. The summed E-state index contributed by atoms with van der Waals surface area (Å²) in [5.74, 6) is -0.557. The summed E-state index contributed by atoms with van der Waals surface area (Å²) in [6, 6.07) is 6.99. The second-order valence-electron chi connectivity index (χ2n) is 5.37. The smallest absolute Gasteiger partial charge is 0.376 e. The van der Waals surface area contributed by atoms with E-state index in [2.05, 4.69) is 0 Å². The second kappa shape index (κ2) is 6.22. The van der Waals surface area contributed by atoms with E-state index < -0.39 is 5.97 Å². The maximum absolute atomic E-state index is 12.8. The molecule has 1 aliphatic heterocycles. The van der Waals surface area contributed by atoms with Crippen LogP contribution in [-0.2, 0) is 4.74 Å². The van der Waals surface area contributed by atoms with Crippen LogP contribution >= 0.6 is 0 Å². The van der Waals surface area contributed by atoms with Gasteiger partial charge in [0.1, 0.15) is 11.3 Å². The number of rotatable bonds is 3. The summed E-state index contributed by atoms with van der Waals surface area (Å²) in [4.78, 5) is 27.0. The highest BCUT2D eigenvalue weighted by Gasteiger charge is 2.26. The Hall–Kier alpha value is -2.30. The number of carbonyl (C=O) groups excluding carboxylic acids is 1. The first kappa shape index (κ1) is 14.6. The molecule has 1 aromatic carbocycles. The molecule has 0 aliphatic carbocycles. The number of hydrogen-bond donors (Lipinski definition) is 0. The number of anilines is 1. The third kappa shape index (κ3) is 2.58. The molecule has 0 radical (unpaired) electrons. The lowest BCUT2D eigenvalue weighted by Crippen LogP contribution is -2.35. The van der Waals surface area contributed by atoms with Gasteiger partial charge in [-0.3, -0.25) is 4.79 Å². The average Bonchev–Trinajstić information content (AvgIpc) is 2.56. The molecule has 0 saturated carbocycles. The van der Waals surface area contributed by atoms with E-state index in [1.54, 1.807) is 31.2 Å². The van der Waals surface area contributed by atoms with Crippen molar-refractivity contribution in [1.82, 2.24) is 0 Å². The van der Waals surface area contributed by atoms with E-state index in [-0.39, 0.29) is 17.8 Å². The van der Waals surface area contributed by atoms with E-state index in [0.717, 1.165) is 32.4 Å². The van der Waals surface area contributed by atoms with Gasteiger partial charge in [-0.25, -0.2) is 4.79 Å². The minimum Gasteiger partial charge on any atom is -0.460 e. The van der Waals surface area contributed by atoms with Gasteiger partial charge in [-0.1, -0.05) is 12.1 Å². The first-order valence-electron chi connectivity index (χ1n) is 7.70. The molecule has 0 N–H and O–H groups in total. The lowest BCUT2D eigenvalue weighted by atomic mass is 10.1.